The molecule has 0 bridgehead atoms. The van der Waals surface area contributed by atoms with Crippen molar-refractivity contribution in [2.45, 2.75) is 0 Å². The van der Waals surface area contributed by atoms with E-state index in [0.29, 0.717) is 0 Å². The van der Waals surface area contributed by atoms with Gasteiger partial charge in [-0.2, -0.15) is 11.1 Å². The molecule has 0 aliphatic carbocycles. The standard InChI is InChI=1S/C2H9NS2/c1-5(2)3-4/h3-5H,1-2H3. The van der Waals surface area contributed by atoms with Gasteiger partial charge in [0.05, 0.1) is 0 Å². The SMILES string of the molecule is C[SH](C)NS. The number of hydrogen-bond donors (Lipinski definition) is 3. The van der Waals surface area contributed by atoms with E-state index in [2.05, 4.69) is 29.5 Å². The first kappa shape index (κ1) is 5.66. The first-order valence-corrected chi connectivity index (χ1v) is 4.02. The zero-order valence-corrected chi connectivity index (χ0v) is 5.18. The van der Waals surface area contributed by atoms with E-state index in [0.717, 1.165) is 0 Å². The molecule has 1 N–H and O–H groups in total. The van der Waals surface area contributed by atoms with Gasteiger partial charge in [-0.1, -0.05) is 12.8 Å². The summed E-state index contributed by atoms with van der Waals surface area (Å²) in [6, 6.07) is 0. The molecular weight excluding hydrogens is 102 g/mol. The zero-order valence-electron chi connectivity index (χ0n) is 3.39. The first-order valence-electron chi connectivity index (χ1n) is 1.34. The molecule has 0 atom stereocenters. The lowest BCUT2D eigenvalue weighted by Crippen LogP contribution is -1.87. The molecule has 0 spiro atoms. The van der Waals surface area contributed by atoms with Crippen molar-refractivity contribution in [2.24, 2.45) is 0 Å². The van der Waals surface area contributed by atoms with E-state index in [1.54, 1.807) is 0 Å². The highest BCUT2D eigenvalue weighted by molar-refractivity contribution is 8.19. The Bertz CT molecular complexity index is 21.6. The molecule has 0 radical (unpaired) electrons. The molecule has 0 aliphatic heterocycles. The summed E-state index contributed by atoms with van der Waals surface area (Å²) >= 11 is 3.81. The van der Waals surface area contributed by atoms with Crippen LogP contribution in [0.4, 0.5) is 0 Å². The summed E-state index contributed by atoms with van der Waals surface area (Å²) in [4.78, 5) is 0. The van der Waals surface area contributed by atoms with Gasteiger partial charge in [0.2, 0.25) is 0 Å². The lowest BCUT2D eigenvalue weighted by Gasteiger charge is -2.00. The maximum absolute atomic E-state index is 3.79. The van der Waals surface area contributed by atoms with Crippen molar-refractivity contribution < 1.29 is 0 Å². The third-order valence-electron chi connectivity index (χ3n) is 0.200. The second-order valence-corrected chi connectivity index (χ2v) is 3.58. The summed E-state index contributed by atoms with van der Waals surface area (Å²) < 4.78 is 2.79. The lowest BCUT2D eigenvalue weighted by atomic mass is 11.9. The molecule has 0 aromatic heterocycles. The molecule has 0 heterocycles. The van der Waals surface area contributed by atoms with Crippen LogP contribution in [-0.4, -0.2) is 12.5 Å². The molecule has 0 saturated heterocycles. The first-order chi connectivity index (χ1) is 2.27. The molecule has 1 nitrogen and oxygen atoms in total. The van der Waals surface area contributed by atoms with Gasteiger partial charge in [0.25, 0.3) is 0 Å². The summed E-state index contributed by atoms with van der Waals surface area (Å²) in [6.45, 7) is 0. The molecule has 0 amide bonds. The fourth-order valence-corrected chi connectivity index (χ4v) is 0. The zero-order chi connectivity index (χ0) is 4.28. The average Bonchev–Trinajstić information content (AvgIpc) is 1.38. The Morgan fingerprint density at radius 2 is 1.80 bits per heavy atom. The van der Waals surface area contributed by atoms with Crippen LogP contribution in [0.15, 0.2) is 0 Å². The Kier molecular flexibility index (Phi) is 3.25. The summed E-state index contributed by atoms with van der Waals surface area (Å²) in [5, 5.41) is 0. The molecule has 0 fully saturated rings. The molecule has 0 rings (SSSR count). The highest BCUT2D eigenvalue weighted by Crippen LogP contribution is 2.04. The van der Waals surface area contributed by atoms with Crippen molar-refractivity contribution in [1.82, 2.24) is 4.13 Å². The Morgan fingerprint density at radius 3 is 1.80 bits per heavy atom. The normalized spacial score (nSPS) is 11.4. The van der Waals surface area contributed by atoms with Gasteiger partial charge in [-0.25, -0.2) is 4.13 Å². The Hall–Kier alpha value is 0.660. The van der Waals surface area contributed by atoms with Crippen LogP contribution in [0.5, 0.6) is 0 Å². The third-order valence-corrected chi connectivity index (χ3v) is 1.80. The van der Waals surface area contributed by atoms with E-state index in [1.165, 1.54) is 0 Å². The minimum Gasteiger partial charge on any atom is -0.232 e. The second-order valence-electron chi connectivity index (χ2n) is 0.994. The Morgan fingerprint density at radius 1 is 1.60 bits per heavy atom. The van der Waals surface area contributed by atoms with Crippen LogP contribution in [0.2, 0.25) is 0 Å². The summed E-state index contributed by atoms with van der Waals surface area (Å²) in [5.74, 6) is 0. The van der Waals surface area contributed by atoms with Crippen LogP contribution >= 0.6 is 23.9 Å². The van der Waals surface area contributed by atoms with Crippen LogP contribution in [0, 0.1) is 0 Å². The smallest absolute Gasteiger partial charge is 0.0247 e. The van der Waals surface area contributed by atoms with Crippen molar-refractivity contribution in [3.63, 3.8) is 0 Å². The highest BCUT2D eigenvalue weighted by atomic mass is 32.2. The Balaban J connectivity index is 2.54. The predicted octanol–water partition coefficient (Wildman–Crippen LogP) is 0.597. The van der Waals surface area contributed by atoms with Crippen molar-refractivity contribution in [1.29, 1.82) is 0 Å². The van der Waals surface area contributed by atoms with Crippen LogP contribution < -0.4 is 4.13 Å². The van der Waals surface area contributed by atoms with Crippen LogP contribution in [0.25, 0.3) is 0 Å². The van der Waals surface area contributed by atoms with Crippen molar-refractivity contribution in [3.8, 4) is 0 Å². The van der Waals surface area contributed by atoms with E-state index >= 15 is 0 Å². The summed E-state index contributed by atoms with van der Waals surface area (Å²) in [7, 11) is 0. The average molecular weight is 111 g/mol. The number of nitrogens with one attached hydrogen (secondary N) is 1. The third kappa shape index (κ3) is 4.66. The molecular formula is C2H9NS2. The minimum absolute atomic E-state index is 0.0159. The largest absolute Gasteiger partial charge is 0.232 e. The van der Waals surface area contributed by atoms with Crippen molar-refractivity contribution in [2.75, 3.05) is 12.5 Å². The van der Waals surface area contributed by atoms with Gasteiger partial charge in [-0.15, -0.1) is 0 Å². The second kappa shape index (κ2) is 2.87. The molecule has 0 aliphatic rings. The molecule has 34 valence electrons. The quantitative estimate of drug-likeness (QED) is 0.421. The number of thiol groups is 2. The topological polar surface area (TPSA) is 12.0 Å². The van der Waals surface area contributed by atoms with E-state index in [9.17, 15) is 0 Å². The van der Waals surface area contributed by atoms with Crippen molar-refractivity contribution in [3.05, 3.63) is 0 Å². The van der Waals surface area contributed by atoms with Crippen LogP contribution in [-0.2, 0) is 0 Å². The molecule has 0 aromatic rings. The van der Waals surface area contributed by atoms with Crippen LogP contribution in [0.3, 0.4) is 0 Å². The Labute approximate surface area is 41.2 Å². The summed E-state index contributed by atoms with van der Waals surface area (Å²) in [5.41, 5.74) is 0. The fourth-order valence-electron chi connectivity index (χ4n) is 0. The minimum atomic E-state index is 0.0159. The molecule has 0 saturated carbocycles. The number of hydrogen-bond acceptors (Lipinski definition) is 2. The van der Waals surface area contributed by atoms with E-state index in [4.69, 9.17) is 0 Å². The highest BCUT2D eigenvalue weighted by Gasteiger charge is 1.70. The lowest BCUT2D eigenvalue weighted by molar-refractivity contribution is 1.74. The predicted molar refractivity (Wildman–Crippen MR) is 33.0 cm³/mol. The van der Waals surface area contributed by atoms with Gasteiger partial charge >= 0.3 is 0 Å². The van der Waals surface area contributed by atoms with Gasteiger partial charge in [0.1, 0.15) is 0 Å². The van der Waals surface area contributed by atoms with Gasteiger partial charge in [0, 0.05) is 0 Å². The monoisotopic (exact) mass is 111 g/mol. The van der Waals surface area contributed by atoms with E-state index in [1.807, 2.05) is 0 Å². The van der Waals surface area contributed by atoms with Gasteiger partial charge in [0.15, 0.2) is 0 Å². The van der Waals surface area contributed by atoms with Crippen LogP contribution in [0.1, 0.15) is 0 Å². The maximum Gasteiger partial charge on any atom is -0.0247 e. The summed E-state index contributed by atoms with van der Waals surface area (Å²) in [6.07, 6.45) is 4.20. The van der Waals surface area contributed by atoms with E-state index < -0.39 is 0 Å². The molecule has 5 heavy (non-hydrogen) atoms. The number of rotatable bonds is 1. The van der Waals surface area contributed by atoms with Gasteiger partial charge in [-0.3, -0.25) is 0 Å². The fraction of sp³-hybridized carbons (Fsp3) is 1.00. The van der Waals surface area contributed by atoms with Gasteiger partial charge in [-0.05, 0) is 12.5 Å². The molecule has 3 heteroatoms. The maximum atomic E-state index is 3.79. The van der Waals surface area contributed by atoms with Gasteiger partial charge < -0.3 is 0 Å². The van der Waals surface area contributed by atoms with E-state index in [-0.39, 0.29) is 11.1 Å². The molecule has 0 aromatic carbocycles. The van der Waals surface area contributed by atoms with Crippen molar-refractivity contribution >= 4 is 23.9 Å². The molecule has 0 unspecified atom stereocenters.